The topological polar surface area (TPSA) is 112 Å². The molecule has 7 nitrogen and oxygen atoms in total. The lowest BCUT2D eigenvalue weighted by atomic mass is 9.99. The average molecular weight is 281 g/mol. The van der Waals surface area contributed by atoms with E-state index in [0.29, 0.717) is 11.2 Å². The molecule has 3 heterocycles. The minimum Gasteiger partial charge on any atom is -0.394 e. The maximum atomic E-state index is 14.4. The summed E-state index contributed by atoms with van der Waals surface area (Å²) in [6.07, 6.45) is -2.57. The number of hydrogen-bond donors (Lipinski definition) is 3. The lowest BCUT2D eigenvalue weighted by molar-refractivity contribution is -0.00710. The lowest BCUT2D eigenvalue weighted by Crippen LogP contribution is -2.21. The van der Waals surface area contributed by atoms with Crippen LogP contribution in [0.15, 0.2) is 12.1 Å². The third-order valence-corrected chi connectivity index (χ3v) is 3.76. The Kier molecular flexibility index (Phi) is 2.98. The van der Waals surface area contributed by atoms with Gasteiger partial charge in [-0.15, -0.1) is 5.10 Å². The number of aromatic nitrogens is 3. The van der Waals surface area contributed by atoms with Crippen molar-refractivity contribution < 1.29 is 14.2 Å². The second-order valence-corrected chi connectivity index (χ2v) is 4.99. The molecule has 0 saturated carbocycles. The summed E-state index contributed by atoms with van der Waals surface area (Å²) in [4.78, 5) is 3.86. The van der Waals surface area contributed by atoms with Gasteiger partial charge in [0.15, 0.2) is 5.82 Å². The predicted molar refractivity (Wildman–Crippen MR) is 70.6 cm³/mol. The predicted octanol–water partition coefficient (Wildman–Crippen LogP) is 0.300. The van der Waals surface area contributed by atoms with E-state index in [1.807, 2.05) is 0 Å². The van der Waals surface area contributed by atoms with E-state index >= 15 is 0 Å². The first kappa shape index (κ1) is 13.1. The molecule has 5 N–H and O–H groups in total. The van der Waals surface area contributed by atoms with E-state index in [9.17, 15) is 9.50 Å². The molecule has 2 aromatic heterocycles. The summed E-state index contributed by atoms with van der Waals surface area (Å²) in [7, 11) is 0. The maximum absolute atomic E-state index is 14.4. The number of ether oxygens (including phenoxy) is 1. The van der Waals surface area contributed by atoms with Gasteiger partial charge >= 0.3 is 0 Å². The molecule has 0 unspecified atom stereocenters. The Morgan fingerprint density at radius 3 is 2.85 bits per heavy atom. The summed E-state index contributed by atoms with van der Waals surface area (Å²) < 4.78 is 21.4. The van der Waals surface area contributed by atoms with Crippen LogP contribution in [0.5, 0.6) is 0 Å². The van der Waals surface area contributed by atoms with Crippen LogP contribution in [-0.4, -0.2) is 38.6 Å². The molecule has 108 valence electrons. The number of hydrogen-bond acceptors (Lipinski definition) is 6. The molecule has 3 rings (SSSR count). The average Bonchev–Trinajstić information content (AvgIpc) is 2.93. The van der Waals surface area contributed by atoms with Crippen molar-refractivity contribution in [2.75, 3.05) is 18.1 Å². The number of anilines is 2. The summed E-state index contributed by atoms with van der Waals surface area (Å²) in [5.74, 6) is -0.163. The second kappa shape index (κ2) is 4.57. The quantitative estimate of drug-likeness (QED) is 0.730. The molecule has 2 aromatic rings. The van der Waals surface area contributed by atoms with Crippen LogP contribution in [0, 0.1) is 5.92 Å². The van der Waals surface area contributed by atoms with Gasteiger partial charge in [-0.1, -0.05) is 6.92 Å². The van der Waals surface area contributed by atoms with E-state index in [1.165, 1.54) is 4.52 Å². The fraction of sp³-hybridized carbons (Fsp3) is 0.500. The third kappa shape index (κ3) is 1.80. The van der Waals surface area contributed by atoms with Gasteiger partial charge in [0.1, 0.15) is 17.8 Å². The van der Waals surface area contributed by atoms with E-state index in [0.717, 1.165) is 0 Å². The Balaban J connectivity index is 2.07. The summed E-state index contributed by atoms with van der Waals surface area (Å²) >= 11 is 0. The number of nitrogens with zero attached hydrogens (tertiary/aromatic N) is 3. The van der Waals surface area contributed by atoms with Gasteiger partial charge in [0.05, 0.1) is 18.4 Å². The number of aliphatic hydroxyl groups excluding tert-OH is 1. The normalized spacial score (nSPS) is 30.1. The summed E-state index contributed by atoms with van der Waals surface area (Å²) in [5, 5.41) is 13.3. The van der Waals surface area contributed by atoms with Gasteiger partial charge in [0.2, 0.25) is 5.95 Å². The van der Waals surface area contributed by atoms with Crippen molar-refractivity contribution in [3.8, 4) is 0 Å². The van der Waals surface area contributed by atoms with E-state index in [1.54, 1.807) is 19.1 Å². The smallest absolute Gasteiger partial charge is 0.240 e. The highest BCUT2D eigenvalue weighted by molar-refractivity contribution is 5.66. The van der Waals surface area contributed by atoms with Crippen molar-refractivity contribution in [3.63, 3.8) is 0 Å². The number of alkyl halides is 1. The molecule has 0 aromatic carbocycles. The lowest BCUT2D eigenvalue weighted by Gasteiger charge is -2.13. The fourth-order valence-electron chi connectivity index (χ4n) is 2.58. The molecular formula is C12H16FN5O2. The van der Waals surface area contributed by atoms with Gasteiger partial charge in [0.25, 0.3) is 0 Å². The monoisotopic (exact) mass is 281 g/mol. The highest BCUT2D eigenvalue weighted by atomic mass is 19.1. The number of halogens is 1. The number of aliphatic hydroxyl groups is 1. The Labute approximate surface area is 114 Å². The van der Waals surface area contributed by atoms with Crippen molar-refractivity contribution in [1.29, 1.82) is 0 Å². The standard InChI is InChI=1S/C12H16FN5O2/c1-5-8(4-19)20-10(9(5)13)6-2-3-7-11(14)16-12(15)17-18(6)7/h2-3,5,8-10,19H,4H2,1H3,(H4,14,15,16,17)/t5-,8-,9+,10+/m1/s1. The minimum absolute atomic E-state index is 0.00705. The van der Waals surface area contributed by atoms with Crippen molar-refractivity contribution in [2.24, 2.45) is 5.92 Å². The van der Waals surface area contributed by atoms with E-state index < -0.39 is 24.3 Å². The van der Waals surface area contributed by atoms with Gasteiger partial charge < -0.3 is 21.3 Å². The highest BCUT2D eigenvalue weighted by Crippen LogP contribution is 2.39. The van der Waals surface area contributed by atoms with Gasteiger partial charge in [-0.25, -0.2) is 8.91 Å². The van der Waals surface area contributed by atoms with Crippen LogP contribution in [0.2, 0.25) is 0 Å². The SMILES string of the molecule is C[C@H]1[C@H](F)[C@H](c2ccc3c(N)nc(N)nn23)O[C@@H]1CO. The van der Waals surface area contributed by atoms with Crippen LogP contribution >= 0.6 is 0 Å². The molecule has 20 heavy (non-hydrogen) atoms. The Hall–Kier alpha value is -1.93. The van der Waals surface area contributed by atoms with Gasteiger partial charge in [-0.2, -0.15) is 4.98 Å². The molecule has 0 amide bonds. The number of nitrogen functional groups attached to an aromatic ring is 2. The van der Waals surface area contributed by atoms with Gasteiger partial charge in [-0.3, -0.25) is 0 Å². The van der Waals surface area contributed by atoms with E-state index in [2.05, 4.69) is 10.1 Å². The molecular weight excluding hydrogens is 265 g/mol. The van der Waals surface area contributed by atoms with Crippen LogP contribution < -0.4 is 11.5 Å². The summed E-state index contributed by atoms with van der Waals surface area (Å²) in [6.45, 7) is 1.49. The largest absolute Gasteiger partial charge is 0.394 e. The molecule has 4 atom stereocenters. The van der Waals surface area contributed by atoms with Crippen molar-refractivity contribution in [1.82, 2.24) is 14.6 Å². The molecule has 0 bridgehead atoms. The second-order valence-electron chi connectivity index (χ2n) is 4.99. The number of nitrogens with two attached hydrogens (primary N) is 2. The minimum atomic E-state index is -1.23. The number of rotatable bonds is 2. The Bertz CT molecular complexity index is 646. The summed E-state index contributed by atoms with van der Waals surface area (Å²) in [6, 6.07) is 3.38. The first-order valence-electron chi connectivity index (χ1n) is 6.34. The highest BCUT2D eigenvalue weighted by Gasteiger charge is 2.44. The third-order valence-electron chi connectivity index (χ3n) is 3.76. The van der Waals surface area contributed by atoms with Gasteiger partial charge in [0, 0.05) is 5.92 Å². The van der Waals surface area contributed by atoms with E-state index in [-0.39, 0.29) is 18.4 Å². The molecule has 1 aliphatic rings. The Morgan fingerprint density at radius 2 is 2.20 bits per heavy atom. The van der Waals surface area contributed by atoms with Crippen molar-refractivity contribution >= 4 is 17.3 Å². The molecule has 8 heteroatoms. The van der Waals surface area contributed by atoms with Crippen LogP contribution in [0.4, 0.5) is 16.2 Å². The van der Waals surface area contributed by atoms with Crippen molar-refractivity contribution in [3.05, 3.63) is 17.8 Å². The van der Waals surface area contributed by atoms with E-state index in [4.69, 9.17) is 16.2 Å². The summed E-state index contributed by atoms with van der Waals surface area (Å²) in [5.41, 5.74) is 12.4. The van der Waals surface area contributed by atoms with Gasteiger partial charge in [-0.05, 0) is 12.1 Å². The maximum Gasteiger partial charge on any atom is 0.240 e. The molecule has 1 aliphatic heterocycles. The fourth-order valence-corrected chi connectivity index (χ4v) is 2.58. The molecule has 1 fully saturated rings. The zero-order chi connectivity index (χ0) is 14.4. The zero-order valence-corrected chi connectivity index (χ0v) is 10.9. The number of fused-ring (bicyclic) bond motifs is 1. The molecule has 1 saturated heterocycles. The van der Waals surface area contributed by atoms with Crippen LogP contribution in [0.1, 0.15) is 18.7 Å². The van der Waals surface area contributed by atoms with Crippen LogP contribution in [0.3, 0.4) is 0 Å². The Morgan fingerprint density at radius 1 is 1.45 bits per heavy atom. The zero-order valence-electron chi connectivity index (χ0n) is 10.9. The first-order valence-corrected chi connectivity index (χ1v) is 6.34. The first-order chi connectivity index (χ1) is 9.52. The molecule has 0 aliphatic carbocycles. The molecule has 0 spiro atoms. The van der Waals surface area contributed by atoms with Crippen molar-refractivity contribution in [2.45, 2.75) is 25.3 Å². The molecule has 0 radical (unpaired) electrons. The van der Waals surface area contributed by atoms with Crippen LogP contribution in [-0.2, 0) is 4.74 Å². The van der Waals surface area contributed by atoms with Crippen LogP contribution in [0.25, 0.3) is 5.52 Å².